The number of nitrogens with one attached hydrogen (secondary N) is 1. The lowest BCUT2D eigenvalue weighted by Crippen LogP contribution is -2.53. The Kier molecular flexibility index (Phi) is 6.49. The van der Waals surface area contributed by atoms with Crippen molar-refractivity contribution in [1.29, 1.82) is 0 Å². The molecule has 3 unspecified atom stereocenters. The molecule has 0 spiro atoms. The minimum Gasteiger partial charge on any atom is -0.352 e. The van der Waals surface area contributed by atoms with Gasteiger partial charge in [-0.2, -0.15) is 0 Å². The van der Waals surface area contributed by atoms with Gasteiger partial charge in [0, 0.05) is 12.1 Å². The molecule has 0 aromatic carbocycles. The maximum atomic E-state index is 12.5. The largest absolute Gasteiger partial charge is 0.352 e. The van der Waals surface area contributed by atoms with Crippen molar-refractivity contribution in [3.05, 3.63) is 0 Å². The van der Waals surface area contributed by atoms with Crippen LogP contribution in [0, 0.1) is 5.92 Å². The summed E-state index contributed by atoms with van der Waals surface area (Å²) in [7, 11) is 2.10. The van der Waals surface area contributed by atoms with Gasteiger partial charge in [0.25, 0.3) is 0 Å². The summed E-state index contributed by atoms with van der Waals surface area (Å²) in [4.78, 5) is 14.8. The van der Waals surface area contributed by atoms with Crippen molar-refractivity contribution in [2.75, 3.05) is 13.6 Å². The summed E-state index contributed by atoms with van der Waals surface area (Å²) in [5.41, 5.74) is 5.93. The zero-order valence-electron chi connectivity index (χ0n) is 13.8. The summed E-state index contributed by atoms with van der Waals surface area (Å²) < 4.78 is 0. The van der Waals surface area contributed by atoms with Gasteiger partial charge < -0.3 is 11.1 Å². The van der Waals surface area contributed by atoms with Crippen LogP contribution in [0.5, 0.6) is 0 Å². The first kappa shape index (κ1) is 16.8. The molecule has 2 rings (SSSR count). The van der Waals surface area contributed by atoms with Gasteiger partial charge in [0.1, 0.15) is 0 Å². The van der Waals surface area contributed by atoms with Gasteiger partial charge >= 0.3 is 0 Å². The van der Waals surface area contributed by atoms with E-state index in [4.69, 9.17) is 5.73 Å². The fourth-order valence-corrected chi connectivity index (χ4v) is 4.04. The van der Waals surface area contributed by atoms with Gasteiger partial charge in [-0.15, -0.1) is 0 Å². The van der Waals surface area contributed by atoms with E-state index in [0.29, 0.717) is 18.0 Å². The lowest BCUT2D eigenvalue weighted by Gasteiger charge is -2.40. The minimum atomic E-state index is -0.0518. The van der Waals surface area contributed by atoms with Crippen LogP contribution in [-0.2, 0) is 4.79 Å². The lowest BCUT2D eigenvalue weighted by molar-refractivity contribution is -0.127. The third-order valence-electron chi connectivity index (χ3n) is 5.64. The summed E-state index contributed by atoms with van der Waals surface area (Å²) in [5, 5.41) is 3.26. The predicted octanol–water partition coefficient (Wildman–Crippen LogP) is 2.27. The van der Waals surface area contributed by atoms with Gasteiger partial charge in [-0.05, 0) is 52.1 Å². The molecule has 1 amide bonds. The number of likely N-dealkylation sites (N-methyl/N-ethyl adjacent to an activating group) is 1. The van der Waals surface area contributed by atoms with E-state index in [0.717, 1.165) is 19.4 Å². The quantitative estimate of drug-likeness (QED) is 0.818. The topological polar surface area (TPSA) is 58.4 Å². The van der Waals surface area contributed by atoms with Crippen LogP contribution in [0.3, 0.4) is 0 Å². The maximum Gasteiger partial charge on any atom is 0.237 e. The monoisotopic (exact) mass is 295 g/mol. The third kappa shape index (κ3) is 4.43. The number of nitrogens with zero attached hydrogens (tertiary/aromatic N) is 1. The summed E-state index contributed by atoms with van der Waals surface area (Å²) in [5.74, 6) is 0.749. The van der Waals surface area contributed by atoms with E-state index in [-0.39, 0.29) is 11.9 Å². The Morgan fingerprint density at radius 1 is 1.14 bits per heavy atom. The average Bonchev–Trinajstić information content (AvgIpc) is 2.54. The Morgan fingerprint density at radius 3 is 2.43 bits per heavy atom. The van der Waals surface area contributed by atoms with Crippen LogP contribution >= 0.6 is 0 Å². The van der Waals surface area contributed by atoms with Crippen molar-refractivity contribution in [3.63, 3.8) is 0 Å². The number of carbonyl (C=O) groups is 1. The first-order valence-electron chi connectivity index (χ1n) is 8.86. The second-order valence-corrected chi connectivity index (χ2v) is 7.03. The van der Waals surface area contributed by atoms with Crippen LogP contribution in [0.4, 0.5) is 0 Å². The first-order valence-corrected chi connectivity index (χ1v) is 8.86. The SMILES string of the molecule is CC(C(=O)NC1CCCCC1)N(C)C1CCCCC1CN. The highest BCUT2D eigenvalue weighted by molar-refractivity contribution is 5.81. The van der Waals surface area contributed by atoms with Crippen molar-refractivity contribution in [1.82, 2.24) is 10.2 Å². The molecule has 0 bridgehead atoms. The van der Waals surface area contributed by atoms with Crippen LogP contribution < -0.4 is 11.1 Å². The normalized spacial score (nSPS) is 29.3. The van der Waals surface area contributed by atoms with Gasteiger partial charge in [0.2, 0.25) is 5.91 Å². The van der Waals surface area contributed by atoms with Crippen LogP contribution in [0.25, 0.3) is 0 Å². The summed E-state index contributed by atoms with van der Waals surface area (Å²) in [6.45, 7) is 2.78. The lowest BCUT2D eigenvalue weighted by atomic mass is 9.83. The molecule has 0 aromatic heterocycles. The van der Waals surface area contributed by atoms with Gasteiger partial charge in [-0.25, -0.2) is 0 Å². The second kappa shape index (κ2) is 8.14. The van der Waals surface area contributed by atoms with Crippen molar-refractivity contribution in [2.45, 2.75) is 82.8 Å². The van der Waals surface area contributed by atoms with Crippen molar-refractivity contribution in [2.24, 2.45) is 11.7 Å². The van der Waals surface area contributed by atoms with Gasteiger partial charge in [-0.3, -0.25) is 9.69 Å². The Labute approximate surface area is 129 Å². The van der Waals surface area contributed by atoms with E-state index in [1.54, 1.807) is 0 Å². The molecule has 0 aliphatic heterocycles. The molecule has 2 aliphatic rings. The summed E-state index contributed by atoms with van der Waals surface area (Å²) in [6.07, 6.45) is 11.1. The smallest absolute Gasteiger partial charge is 0.237 e. The number of nitrogens with two attached hydrogens (primary N) is 1. The standard InChI is InChI=1S/C17H33N3O/c1-13(17(21)19-15-9-4-3-5-10-15)20(2)16-11-7-6-8-14(16)12-18/h13-16H,3-12,18H2,1-2H3,(H,19,21). The molecule has 21 heavy (non-hydrogen) atoms. The van der Waals surface area contributed by atoms with Crippen LogP contribution in [0.15, 0.2) is 0 Å². The Balaban J connectivity index is 1.87. The zero-order valence-corrected chi connectivity index (χ0v) is 13.8. The fourth-order valence-electron chi connectivity index (χ4n) is 4.04. The van der Waals surface area contributed by atoms with Gasteiger partial charge in [0.05, 0.1) is 6.04 Å². The fraction of sp³-hybridized carbons (Fsp3) is 0.941. The first-order chi connectivity index (χ1) is 10.1. The molecule has 4 nitrogen and oxygen atoms in total. The molecule has 3 N–H and O–H groups in total. The molecule has 0 saturated heterocycles. The van der Waals surface area contributed by atoms with Crippen molar-refractivity contribution in [3.8, 4) is 0 Å². The van der Waals surface area contributed by atoms with E-state index in [1.807, 2.05) is 6.92 Å². The average molecular weight is 295 g/mol. The highest BCUT2D eigenvalue weighted by Crippen LogP contribution is 2.28. The molecule has 2 aliphatic carbocycles. The van der Waals surface area contributed by atoms with Crippen molar-refractivity contribution >= 4 is 5.91 Å². The maximum absolute atomic E-state index is 12.5. The molecule has 0 heterocycles. The number of hydrogen-bond acceptors (Lipinski definition) is 3. The molecule has 0 aromatic rings. The summed E-state index contributed by atoms with van der Waals surface area (Å²) in [6, 6.07) is 0.818. The van der Waals surface area contributed by atoms with E-state index >= 15 is 0 Å². The highest BCUT2D eigenvalue weighted by Gasteiger charge is 2.32. The van der Waals surface area contributed by atoms with Crippen LogP contribution in [0.2, 0.25) is 0 Å². The number of amides is 1. The predicted molar refractivity (Wildman–Crippen MR) is 87.0 cm³/mol. The molecule has 2 fully saturated rings. The van der Waals surface area contributed by atoms with E-state index in [2.05, 4.69) is 17.3 Å². The Bertz CT molecular complexity index is 328. The van der Waals surface area contributed by atoms with Crippen LogP contribution in [0.1, 0.15) is 64.7 Å². The Morgan fingerprint density at radius 2 is 1.76 bits per heavy atom. The number of carbonyl (C=O) groups excluding carboxylic acids is 1. The number of hydrogen-bond donors (Lipinski definition) is 2. The molecule has 4 heteroatoms. The van der Waals surface area contributed by atoms with E-state index in [9.17, 15) is 4.79 Å². The van der Waals surface area contributed by atoms with E-state index < -0.39 is 0 Å². The number of rotatable bonds is 5. The molecule has 3 atom stereocenters. The van der Waals surface area contributed by atoms with E-state index in [1.165, 1.54) is 44.9 Å². The van der Waals surface area contributed by atoms with Gasteiger partial charge in [0.15, 0.2) is 0 Å². The summed E-state index contributed by atoms with van der Waals surface area (Å²) >= 11 is 0. The Hall–Kier alpha value is -0.610. The highest BCUT2D eigenvalue weighted by atomic mass is 16.2. The third-order valence-corrected chi connectivity index (χ3v) is 5.64. The zero-order chi connectivity index (χ0) is 15.2. The van der Waals surface area contributed by atoms with Gasteiger partial charge in [-0.1, -0.05) is 32.1 Å². The van der Waals surface area contributed by atoms with Crippen molar-refractivity contribution < 1.29 is 4.79 Å². The molecule has 122 valence electrons. The van der Waals surface area contributed by atoms with Crippen LogP contribution in [-0.4, -0.2) is 42.5 Å². The molecule has 2 saturated carbocycles. The molecular weight excluding hydrogens is 262 g/mol. The molecular formula is C17H33N3O. The second-order valence-electron chi connectivity index (χ2n) is 7.03. The molecule has 0 radical (unpaired) electrons. The minimum absolute atomic E-state index is 0.0518.